The van der Waals surface area contributed by atoms with Gasteiger partial charge in [0.15, 0.2) is 0 Å². The van der Waals surface area contributed by atoms with E-state index in [0.29, 0.717) is 6.04 Å². The van der Waals surface area contributed by atoms with Crippen LogP contribution in [-0.2, 0) is 4.74 Å². The van der Waals surface area contributed by atoms with E-state index in [-0.39, 0.29) is 0 Å². The fourth-order valence-electron chi connectivity index (χ4n) is 20.2. The molecule has 17 aliphatic rings. The lowest BCUT2D eigenvalue weighted by molar-refractivity contribution is -0.0871. The van der Waals surface area contributed by atoms with Crippen LogP contribution < -0.4 is 5.32 Å². The van der Waals surface area contributed by atoms with Crippen LogP contribution in [-0.4, -0.2) is 216 Å². The van der Waals surface area contributed by atoms with Crippen LogP contribution in [0.1, 0.15) is 239 Å². The molecule has 12 aliphatic heterocycles. The number of nitrogens with one attached hydrogen (secondary N) is 1. The summed E-state index contributed by atoms with van der Waals surface area (Å²) in [7, 11) is 0. The average Bonchev–Trinajstić information content (AvgIpc) is 4.24. The summed E-state index contributed by atoms with van der Waals surface area (Å²) in [5.74, 6) is 11.6. The molecule has 17 rings (SSSR count). The third-order valence-corrected chi connectivity index (χ3v) is 25.4. The molecule has 494 valence electrons. The Balaban J connectivity index is 0.000000116. The number of fused-ring (bicyclic) bond motifs is 13. The lowest BCUT2D eigenvalue weighted by atomic mass is 9.71. The topological polar surface area (TPSA) is 47.2 Å². The zero-order valence-corrected chi connectivity index (χ0v) is 59.1. The normalized spacial score (nSPS) is 39.0. The Kier molecular flexibility index (Phi) is 26.3. The first kappa shape index (κ1) is 69.0. The van der Waals surface area contributed by atoms with Crippen LogP contribution in [0.4, 0.5) is 0 Å². The van der Waals surface area contributed by atoms with Gasteiger partial charge in [-0.1, -0.05) is 19.3 Å². The van der Waals surface area contributed by atoms with Gasteiger partial charge in [-0.25, -0.2) is 0 Å². The van der Waals surface area contributed by atoms with Crippen molar-refractivity contribution >= 4 is 0 Å². The lowest BCUT2D eigenvalue weighted by Gasteiger charge is -2.48. The zero-order chi connectivity index (χ0) is 60.6. The maximum Gasteiger partial charge on any atom is 0.0622 e. The van der Waals surface area contributed by atoms with Crippen LogP contribution in [0.5, 0.6) is 0 Å². The molecule has 0 radical (unpaired) electrons. The smallest absolute Gasteiger partial charge is 0.0622 e. The van der Waals surface area contributed by atoms with Gasteiger partial charge in [0, 0.05) is 151 Å². The van der Waals surface area contributed by atoms with Gasteiger partial charge in [0.2, 0.25) is 0 Å². The van der Waals surface area contributed by atoms with Crippen molar-refractivity contribution < 1.29 is 4.74 Å². The number of hydrogen-bond acceptors (Lipinski definition) is 10. The van der Waals surface area contributed by atoms with Crippen molar-refractivity contribution in [3.05, 3.63) is 0 Å². The monoisotopic (exact) mass is 1190 g/mol. The van der Waals surface area contributed by atoms with Crippen LogP contribution in [0, 0.1) is 65.1 Å². The van der Waals surface area contributed by atoms with Crippen LogP contribution in [0.3, 0.4) is 0 Å². The molecule has 0 spiro atoms. The largest absolute Gasteiger partial charge is 0.378 e. The molecular weight excluding hydrogens is 1040 g/mol. The summed E-state index contributed by atoms with van der Waals surface area (Å²) in [6.07, 6.45) is 29.6. The van der Waals surface area contributed by atoms with Crippen molar-refractivity contribution in [3.8, 4) is 0 Å². The first-order chi connectivity index (χ1) is 40.7. The van der Waals surface area contributed by atoms with E-state index in [9.17, 15) is 0 Å². The summed E-state index contributed by atoms with van der Waals surface area (Å²) in [6, 6.07) is 10.5. The molecule has 85 heavy (non-hydrogen) atoms. The van der Waals surface area contributed by atoms with Crippen molar-refractivity contribution in [2.75, 3.05) is 98.3 Å². The Bertz CT molecular complexity index is 1780. The van der Waals surface area contributed by atoms with Gasteiger partial charge in [0.1, 0.15) is 0 Å². The van der Waals surface area contributed by atoms with E-state index < -0.39 is 0 Å². The number of morpholine rings is 1. The van der Waals surface area contributed by atoms with E-state index in [4.69, 9.17) is 4.74 Å². The number of ether oxygens (including phenoxy) is 1. The Morgan fingerprint density at radius 3 is 0.965 bits per heavy atom. The second-order valence-electron chi connectivity index (χ2n) is 34.2. The minimum atomic E-state index is 0.698. The van der Waals surface area contributed by atoms with E-state index in [1.54, 1.807) is 0 Å². The molecule has 10 heteroatoms. The van der Waals surface area contributed by atoms with E-state index in [1.165, 1.54) is 213 Å². The van der Waals surface area contributed by atoms with Crippen LogP contribution >= 0.6 is 0 Å². The number of rotatable bonds is 8. The van der Waals surface area contributed by atoms with Crippen LogP contribution in [0.25, 0.3) is 0 Å². The summed E-state index contributed by atoms with van der Waals surface area (Å²) in [6.45, 7) is 56.6. The first-order valence-electron chi connectivity index (χ1n) is 38.0. The first-order valence-corrected chi connectivity index (χ1v) is 38.0. The third kappa shape index (κ3) is 19.1. The highest BCUT2D eigenvalue weighted by molar-refractivity contribution is 4.99. The van der Waals surface area contributed by atoms with Gasteiger partial charge in [-0.15, -0.1) is 0 Å². The Morgan fingerprint density at radius 2 is 0.612 bits per heavy atom. The molecule has 10 nitrogen and oxygen atoms in total. The second kappa shape index (κ2) is 32.4. The highest BCUT2D eigenvalue weighted by atomic mass is 16.5. The minimum Gasteiger partial charge on any atom is -0.378 e. The van der Waals surface area contributed by atoms with Gasteiger partial charge >= 0.3 is 0 Å². The standard InChI is InChI=1S/C10H19NO.3C10H19N.C9H18N2.2C9H17N.C8H15N/c1-8(2)11-9-4-3-5-10(11)7-12-6-9;1-8(2)11-6-9-3-4-10(5-9)7-11;1-8(2)11-6-9-4-3-5-10(9)7-11;1-8(2)11-9-4-3-5-10(11)7-6-9;1-7(2)11-5-8-3-10-4-9(8)6-11;1-7(2)10-5-8-3-9(4-8)6-10;1-7(2)10-6-8-3-4-9(10)5-8;1-6(2)9-4-7-3-8(7)5-9/h8-10H,3-7H2,1-2H3;3*8-10H,3-7H2,1-2H3;7-10H,3-6H2,1-2H3;2*7-9H,3-6H2,1-2H3;6-8H,3-5H2,1-2H3. The van der Waals surface area contributed by atoms with Gasteiger partial charge in [-0.05, 0) is 298 Å². The minimum absolute atomic E-state index is 0.698. The summed E-state index contributed by atoms with van der Waals surface area (Å²) in [5.41, 5.74) is 0. The maximum atomic E-state index is 5.58. The van der Waals surface area contributed by atoms with Crippen molar-refractivity contribution in [1.29, 1.82) is 0 Å². The SMILES string of the molecule is CC(C)N1C2CCCC1CC2.CC(C)N1C2CCCC1COC2.CC(C)N1CC2CC(C2)C1.CC(C)N1CC2CC2C1.CC(C)N1CC2CCC(C2)C1.CC(C)N1CC2CCC1C2.CC(C)N1CC2CCCC2C1.CC(C)N1CC2CNCC2C1. The number of likely N-dealkylation sites (tertiary alicyclic amines) is 5. The fraction of sp³-hybridized carbons (Fsp3) is 1.00. The van der Waals surface area contributed by atoms with Gasteiger partial charge in [-0.3, -0.25) is 14.7 Å². The molecule has 1 N–H and O–H groups in total. The molecule has 5 saturated carbocycles. The van der Waals surface area contributed by atoms with Gasteiger partial charge in [0.25, 0.3) is 0 Å². The van der Waals surface area contributed by atoms with Crippen LogP contribution in [0.2, 0.25) is 0 Å². The second-order valence-corrected chi connectivity index (χ2v) is 34.2. The molecule has 12 saturated heterocycles. The predicted molar refractivity (Wildman–Crippen MR) is 363 cm³/mol. The fourth-order valence-corrected chi connectivity index (χ4v) is 20.2. The van der Waals surface area contributed by atoms with Crippen molar-refractivity contribution in [2.24, 2.45) is 65.1 Å². The predicted octanol–water partition coefficient (Wildman–Crippen LogP) is 13.8. The molecule has 14 unspecified atom stereocenters. The maximum absolute atomic E-state index is 5.58. The molecule has 0 aromatic carbocycles. The lowest BCUT2D eigenvalue weighted by Crippen LogP contribution is -2.57. The molecule has 0 aromatic heterocycles. The molecular formula is C75H143N9O. The quantitative estimate of drug-likeness (QED) is 0.254. The van der Waals surface area contributed by atoms with Crippen LogP contribution in [0.15, 0.2) is 0 Å². The number of nitrogens with zero attached hydrogens (tertiary/aromatic N) is 8. The van der Waals surface area contributed by atoms with Gasteiger partial charge in [0.05, 0.1) is 13.2 Å². The number of hydrogen-bond donors (Lipinski definition) is 1. The van der Waals surface area contributed by atoms with Gasteiger partial charge in [-0.2, -0.15) is 0 Å². The van der Waals surface area contributed by atoms with E-state index in [1.807, 2.05) is 0 Å². The van der Waals surface area contributed by atoms with E-state index in [2.05, 4.69) is 155 Å². The molecule has 0 aromatic rings. The molecule has 14 atom stereocenters. The van der Waals surface area contributed by atoms with Crippen molar-refractivity contribution in [2.45, 2.75) is 318 Å². The summed E-state index contributed by atoms with van der Waals surface area (Å²) in [5, 5.41) is 3.46. The Morgan fingerprint density at radius 1 is 0.271 bits per heavy atom. The van der Waals surface area contributed by atoms with Gasteiger partial charge < -0.3 is 34.6 Å². The summed E-state index contributed by atoms with van der Waals surface area (Å²) >= 11 is 0. The molecule has 5 aliphatic carbocycles. The van der Waals surface area contributed by atoms with E-state index in [0.717, 1.165) is 151 Å². The highest BCUT2D eigenvalue weighted by Gasteiger charge is 2.46. The van der Waals surface area contributed by atoms with Crippen molar-refractivity contribution in [3.63, 3.8) is 0 Å². The zero-order valence-electron chi connectivity index (χ0n) is 59.1. The number of piperidine rings is 7. The molecule has 17 fully saturated rings. The molecule has 10 bridgehead atoms. The molecule has 12 heterocycles. The van der Waals surface area contributed by atoms with Crippen molar-refractivity contribution in [1.82, 2.24) is 44.5 Å². The third-order valence-electron chi connectivity index (χ3n) is 25.4. The Hall–Kier alpha value is -0.400. The van der Waals surface area contributed by atoms with E-state index >= 15 is 0 Å². The molecule has 0 amide bonds. The average molecular weight is 1190 g/mol. The summed E-state index contributed by atoms with van der Waals surface area (Å²) in [4.78, 5) is 21.2. The highest BCUT2D eigenvalue weighted by Crippen LogP contribution is 2.46. The Labute approximate surface area is 527 Å². The summed E-state index contributed by atoms with van der Waals surface area (Å²) < 4.78 is 5.58.